The van der Waals surface area contributed by atoms with Crippen LogP contribution in [-0.2, 0) is 16.0 Å². The summed E-state index contributed by atoms with van der Waals surface area (Å²) in [7, 11) is 0. The number of benzene rings is 1. The molecule has 0 atom stereocenters. The second-order valence-corrected chi connectivity index (χ2v) is 6.19. The number of carbonyl (C=O) groups excluding carboxylic acids is 1. The Morgan fingerprint density at radius 3 is 2.78 bits per heavy atom. The fourth-order valence-electron chi connectivity index (χ4n) is 2.74. The molecule has 7 heteroatoms. The van der Waals surface area contributed by atoms with Crippen LogP contribution in [0.1, 0.15) is 31.2 Å². The largest absolute Gasteiger partial charge is 0.481 e. The lowest BCUT2D eigenvalue weighted by molar-refractivity contribution is -0.137. The number of nitriles is 1. The van der Waals surface area contributed by atoms with E-state index in [2.05, 4.69) is 21.7 Å². The summed E-state index contributed by atoms with van der Waals surface area (Å²) >= 11 is 0. The highest BCUT2D eigenvalue weighted by atomic mass is 16.4. The van der Waals surface area contributed by atoms with E-state index in [9.17, 15) is 9.59 Å². The molecule has 0 radical (unpaired) electrons. The van der Waals surface area contributed by atoms with Crippen molar-refractivity contribution in [3.05, 3.63) is 47.8 Å². The van der Waals surface area contributed by atoms with Crippen molar-refractivity contribution in [3.63, 3.8) is 0 Å². The van der Waals surface area contributed by atoms with Gasteiger partial charge in [0.05, 0.1) is 0 Å². The maximum atomic E-state index is 12.0. The average Bonchev–Trinajstić information content (AvgIpc) is 3.07. The number of nitrogens with one attached hydrogen (secondary N) is 3. The van der Waals surface area contributed by atoms with Crippen molar-refractivity contribution in [2.45, 2.75) is 32.1 Å². The molecule has 0 aliphatic heterocycles. The van der Waals surface area contributed by atoms with Gasteiger partial charge in [-0.25, -0.2) is 0 Å². The molecule has 4 N–H and O–H groups in total. The van der Waals surface area contributed by atoms with Gasteiger partial charge in [-0.3, -0.25) is 9.59 Å². The molecule has 1 aromatic heterocycles. The third-order valence-electron chi connectivity index (χ3n) is 4.18. The Morgan fingerprint density at radius 2 is 2.00 bits per heavy atom. The van der Waals surface area contributed by atoms with Gasteiger partial charge >= 0.3 is 5.97 Å². The highest BCUT2D eigenvalue weighted by Crippen LogP contribution is 2.17. The maximum absolute atomic E-state index is 12.0. The van der Waals surface area contributed by atoms with Gasteiger partial charge in [-0.15, -0.1) is 0 Å². The Labute approximate surface area is 158 Å². The summed E-state index contributed by atoms with van der Waals surface area (Å²) in [5.41, 5.74) is 2.29. The van der Waals surface area contributed by atoms with Gasteiger partial charge in [0, 0.05) is 42.8 Å². The molecule has 0 spiro atoms. The van der Waals surface area contributed by atoms with Crippen LogP contribution in [0.3, 0.4) is 0 Å². The van der Waals surface area contributed by atoms with Gasteiger partial charge in [0.1, 0.15) is 11.6 Å². The fraction of sp³-hybridized carbons (Fsp3) is 0.350. The average molecular weight is 368 g/mol. The van der Waals surface area contributed by atoms with Gasteiger partial charge in [0.15, 0.2) is 0 Å². The zero-order valence-electron chi connectivity index (χ0n) is 15.1. The molecule has 0 saturated heterocycles. The standard InChI is InChI=1S/C20H24N4O3/c21-12-16(20(27)23-10-5-1-2-8-19(25)26)13-22-11-9-15-14-24-18-7-4-3-6-17(15)18/h3-4,6-7,13-14,22,24H,1-2,5,8-11H2,(H,23,27)(H,25,26)/b16-13-. The van der Waals surface area contributed by atoms with Crippen LogP contribution in [0.2, 0.25) is 0 Å². The van der Waals surface area contributed by atoms with Gasteiger partial charge in [-0.05, 0) is 30.9 Å². The minimum atomic E-state index is -0.813. The van der Waals surface area contributed by atoms with Gasteiger partial charge in [-0.1, -0.05) is 24.6 Å². The summed E-state index contributed by atoms with van der Waals surface area (Å²) in [6, 6.07) is 9.94. The number of hydrogen-bond donors (Lipinski definition) is 4. The number of aromatic amines is 1. The van der Waals surface area contributed by atoms with E-state index in [0.717, 1.165) is 18.4 Å². The Balaban J connectivity index is 1.71. The summed E-state index contributed by atoms with van der Waals surface area (Å²) in [6.45, 7) is 1.03. The second-order valence-electron chi connectivity index (χ2n) is 6.19. The van der Waals surface area contributed by atoms with Crippen molar-refractivity contribution >= 4 is 22.8 Å². The first-order valence-electron chi connectivity index (χ1n) is 9.00. The van der Waals surface area contributed by atoms with Crippen molar-refractivity contribution < 1.29 is 14.7 Å². The highest BCUT2D eigenvalue weighted by molar-refractivity contribution is 5.97. The van der Waals surface area contributed by atoms with Crippen molar-refractivity contribution in [1.82, 2.24) is 15.6 Å². The van der Waals surface area contributed by atoms with E-state index in [1.165, 1.54) is 17.1 Å². The first kappa shape index (κ1) is 20.0. The van der Waals surface area contributed by atoms with Gasteiger partial charge in [-0.2, -0.15) is 5.26 Å². The number of carbonyl (C=O) groups is 2. The SMILES string of the molecule is N#C/C(=C/NCCc1c[nH]c2ccccc12)C(=O)NCCCCCC(=O)O. The number of hydrogen-bond acceptors (Lipinski definition) is 4. The zero-order chi connectivity index (χ0) is 19.5. The first-order chi connectivity index (χ1) is 13.1. The summed E-state index contributed by atoms with van der Waals surface area (Å²) in [6.07, 6.45) is 6.31. The van der Waals surface area contributed by atoms with Crippen LogP contribution in [0, 0.1) is 11.3 Å². The molecule has 27 heavy (non-hydrogen) atoms. The zero-order valence-corrected chi connectivity index (χ0v) is 15.1. The van der Waals surface area contributed by atoms with Crippen LogP contribution in [-0.4, -0.2) is 35.1 Å². The van der Waals surface area contributed by atoms with Crippen LogP contribution in [0.15, 0.2) is 42.2 Å². The smallest absolute Gasteiger partial charge is 0.303 e. The number of aromatic nitrogens is 1. The van der Waals surface area contributed by atoms with E-state index in [0.29, 0.717) is 25.9 Å². The maximum Gasteiger partial charge on any atom is 0.303 e. The van der Waals surface area contributed by atoms with Crippen LogP contribution < -0.4 is 10.6 Å². The highest BCUT2D eigenvalue weighted by Gasteiger charge is 2.08. The van der Waals surface area contributed by atoms with Crippen molar-refractivity contribution in [1.29, 1.82) is 5.26 Å². The lowest BCUT2D eigenvalue weighted by Gasteiger charge is -2.05. The molecule has 2 aromatic rings. The first-order valence-corrected chi connectivity index (χ1v) is 9.00. The molecule has 0 saturated carbocycles. The Hall–Kier alpha value is -3.27. The molecule has 0 fully saturated rings. The molecule has 1 aromatic carbocycles. The lowest BCUT2D eigenvalue weighted by Crippen LogP contribution is -2.27. The molecule has 0 bridgehead atoms. The van der Waals surface area contributed by atoms with Crippen molar-refractivity contribution in [3.8, 4) is 6.07 Å². The molecule has 0 unspecified atom stereocenters. The van der Waals surface area contributed by atoms with E-state index in [4.69, 9.17) is 10.4 Å². The van der Waals surface area contributed by atoms with E-state index >= 15 is 0 Å². The number of rotatable bonds is 11. The number of carboxylic acid groups (broad SMARTS) is 1. The molecule has 1 amide bonds. The number of H-pyrrole nitrogens is 1. The normalized spacial score (nSPS) is 11.1. The molecule has 2 rings (SSSR count). The lowest BCUT2D eigenvalue weighted by atomic mass is 10.1. The number of amides is 1. The van der Waals surface area contributed by atoms with Gasteiger partial charge < -0.3 is 20.7 Å². The molecular formula is C20H24N4O3. The Kier molecular flexibility index (Phi) is 7.92. The molecule has 0 aliphatic carbocycles. The number of para-hydroxylation sites is 1. The summed E-state index contributed by atoms with van der Waals surface area (Å²) < 4.78 is 0. The summed E-state index contributed by atoms with van der Waals surface area (Å²) in [4.78, 5) is 25.6. The predicted octanol–water partition coefficient (Wildman–Crippen LogP) is 2.47. The summed E-state index contributed by atoms with van der Waals surface area (Å²) in [5.74, 6) is -1.23. The van der Waals surface area contributed by atoms with E-state index in [1.54, 1.807) is 0 Å². The number of carboxylic acids is 1. The fourth-order valence-corrected chi connectivity index (χ4v) is 2.74. The molecule has 1 heterocycles. The minimum Gasteiger partial charge on any atom is -0.481 e. The van der Waals surface area contributed by atoms with Gasteiger partial charge in [0.2, 0.25) is 0 Å². The summed E-state index contributed by atoms with van der Waals surface area (Å²) in [5, 5.41) is 24.6. The van der Waals surface area contributed by atoms with Crippen LogP contribution >= 0.6 is 0 Å². The monoisotopic (exact) mass is 368 g/mol. The second kappa shape index (κ2) is 10.7. The predicted molar refractivity (Wildman–Crippen MR) is 103 cm³/mol. The van der Waals surface area contributed by atoms with Gasteiger partial charge in [0.25, 0.3) is 5.91 Å². The molecule has 7 nitrogen and oxygen atoms in total. The number of fused-ring (bicyclic) bond motifs is 1. The molecule has 142 valence electrons. The van der Waals surface area contributed by atoms with Crippen molar-refractivity contribution in [2.75, 3.05) is 13.1 Å². The number of nitrogens with zero attached hydrogens (tertiary/aromatic N) is 1. The topological polar surface area (TPSA) is 118 Å². The third-order valence-corrected chi connectivity index (χ3v) is 4.18. The number of aliphatic carboxylic acids is 1. The van der Waals surface area contributed by atoms with Crippen molar-refractivity contribution in [2.24, 2.45) is 0 Å². The quantitative estimate of drug-likeness (QED) is 0.276. The van der Waals surface area contributed by atoms with Crippen LogP contribution in [0.4, 0.5) is 0 Å². The van der Waals surface area contributed by atoms with E-state index in [1.807, 2.05) is 30.5 Å². The van der Waals surface area contributed by atoms with E-state index in [-0.39, 0.29) is 12.0 Å². The molecular weight excluding hydrogens is 344 g/mol. The Morgan fingerprint density at radius 1 is 1.19 bits per heavy atom. The third kappa shape index (κ3) is 6.51. The molecule has 0 aliphatic rings. The van der Waals surface area contributed by atoms with Crippen LogP contribution in [0.25, 0.3) is 10.9 Å². The Bertz CT molecular complexity index is 848. The van der Waals surface area contributed by atoms with Crippen LogP contribution in [0.5, 0.6) is 0 Å². The van der Waals surface area contributed by atoms with E-state index < -0.39 is 11.9 Å². The number of unbranched alkanes of at least 4 members (excludes halogenated alkanes) is 2. The minimum absolute atomic E-state index is 0.0273.